The maximum Gasteiger partial charge on any atom is 0.0319 e. The average Bonchev–Trinajstić information content (AvgIpc) is 2.10. The van der Waals surface area contributed by atoms with Crippen molar-refractivity contribution in [1.29, 1.82) is 0 Å². The third kappa shape index (κ3) is 4.35. The number of aliphatic hydroxyl groups excluding tert-OH is 1. The summed E-state index contributed by atoms with van der Waals surface area (Å²) in [5.41, 5.74) is 1.29. The lowest BCUT2D eigenvalue weighted by Crippen LogP contribution is -1.68. The smallest absolute Gasteiger partial charge is 0.0319 e. The maximum atomic E-state index is 7.00. The van der Waals surface area contributed by atoms with E-state index < -0.39 is 0 Å². The van der Waals surface area contributed by atoms with Crippen LogP contribution in [0.2, 0.25) is 0 Å². The summed E-state index contributed by atoms with van der Waals surface area (Å²) in [4.78, 5) is 1.20. The van der Waals surface area contributed by atoms with Gasteiger partial charge in [-0.2, -0.15) is 0 Å². The molecule has 1 rings (SSSR count). The number of benzene rings is 1. The van der Waals surface area contributed by atoms with E-state index in [4.69, 9.17) is 5.11 Å². The highest BCUT2D eigenvalue weighted by Crippen LogP contribution is 2.20. The summed E-state index contributed by atoms with van der Waals surface area (Å²) in [7, 11) is 2.47. The molecule has 0 unspecified atom stereocenters. The lowest BCUT2D eigenvalue weighted by molar-refractivity contribution is 0.399. The minimum atomic E-state index is 1.00. The highest BCUT2D eigenvalue weighted by Gasteiger charge is 1.86. The number of aliphatic hydroxyl groups is 1. The number of thiol groups is 1. The molecule has 0 aliphatic carbocycles. The second-order valence-electron chi connectivity index (χ2n) is 1.90. The number of hydrogen-bond donors (Lipinski definition) is 2. The van der Waals surface area contributed by atoms with Gasteiger partial charge in [0.1, 0.15) is 0 Å². The van der Waals surface area contributed by atoms with E-state index in [1.165, 1.54) is 21.3 Å². The zero-order valence-electron chi connectivity index (χ0n) is 6.61. The normalized spacial score (nSPS) is 8.36. The molecule has 0 aliphatic rings. The molecule has 62 valence electrons. The van der Waals surface area contributed by atoms with Gasteiger partial charge in [0.05, 0.1) is 0 Å². The van der Waals surface area contributed by atoms with Gasteiger partial charge in [-0.05, 0) is 19.1 Å². The van der Waals surface area contributed by atoms with E-state index in [9.17, 15) is 0 Å². The Morgan fingerprint density at radius 1 is 1.18 bits per heavy atom. The molecule has 0 spiro atoms. The van der Waals surface area contributed by atoms with Crippen LogP contribution in [0.4, 0.5) is 0 Å². The second kappa shape index (κ2) is 6.58. The fourth-order valence-corrected chi connectivity index (χ4v) is 1.22. The molecule has 1 aromatic carbocycles. The summed E-state index contributed by atoms with van der Waals surface area (Å²) in [5, 5.41) is 7.00. The molecule has 0 aromatic heterocycles. The van der Waals surface area contributed by atoms with E-state index in [2.05, 4.69) is 42.9 Å². The van der Waals surface area contributed by atoms with Crippen LogP contribution in [0.3, 0.4) is 0 Å². The molecule has 0 saturated carbocycles. The van der Waals surface area contributed by atoms with Gasteiger partial charge in [-0.15, -0.1) is 11.7 Å². The van der Waals surface area contributed by atoms with Crippen LogP contribution in [0.5, 0.6) is 0 Å². The molecular weight excluding hydrogens is 176 g/mol. The van der Waals surface area contributed by atoms with Crippen molar-refractivity contribution in [3.8, 4) is 0 Å². The van der Waals surface area contributed by atoms with Crippen molar-refractivity contribution in [2.45, 2.75) is 11.8 Å². The monoisotopic (exact) mass is 188 g/mol. The van der Waals surface area contributed by atoms with Crippen LogP contribution < -0.4 is 0 Å². The molecule has 0 heterocycles. The summed E-state index contributed by atoms with van der Waals surface area (Å²) in [6, 6.07) is 8.29. The van der Waals surface area contributed by atoms with Crippen molar-refractivity contribution in [2.75, 3.05) is 7.11 Å². The first-order chi connectivity index (χ1) is 5.33. The molecule has 0 atom stereocenters. The number of rotatable bonds is 1. The lowest BCUT2D eigenvalue weighted by atomic mass is 10.2. The van der Waals surface area contributed by atoms with Crippen molar-refractivity contribution in [3.63, 3.8) is 0 Å². The largest absolute Gasteiger partial charge is 0.400 e. The van der Waals surface area contributed by atoms with E-state index in [0.717, 1.165) is 7.11 Å². The van der Waals surface area contributed by atoms with E-state index in [0.29, 0.717) is 0 Å². The first-order valence-electron chi connectivity index (χ1n) is 3.16. The van der Waals surface area contributed by atoms with E-state index >= 15 is 0 Å². The van der Waals surface area contributed by atoms with Gasteiger partial charge < -0.3 is 5.11 Å². The molecule has 0 radical (unpaired) electrons. The predicted molar refractivity (Wildman–Crippen MR) is 54.2 cm³/mol. The Balaban J connectivity index is 0.000000461. The van der Waals surface area contributed by atoms with Gasteiger partial charge in [-0.25, -0.2) is 0 Å². The van der Waals surface area contributed by atoms with E-state index in [1.54, 1.807) is 0 Å². The Kier molecular flexibility index (Phi) is 6.51. The Bertz CT molecular complexity index is 184. The Morgan fingerprint density at radius 3 is 2.00 bits per heavy atom. The SMILES string of the molecule is CO.Cc1ccc(SS)cc1. The zero-order valence-corrected chi connectivity index (χ0v) is 8.32. The molecule has 0 fully saturated rings. The van der Waals surface area contributed by atoms with Gasteiger partial charge in [0.25, 0.3) is 0 Å². The van der Waals surface area contributed by atoms with Crippen LogP contribution in [0.1, 0.15) is 5.56 Å². The van der Waals surface area contributed by atoms with Crippen molar-refractivity contribution in [3.05, 3.63) is 29.8 Å². The minimum Gasteiger partial charge on any atom is -0.400 e. The van der Waals surface area contributed by atoms with Crippen molar-refractivity contribution < 1.29 is 5.11 Å². The van der Waals surface area contributed by atoms with Crippen LogP contribution in [-0.2, 0) is 0 Å². The molecule has 1 aromatic rings. The maximum absolute atomic E-state index is 7.00. The predicted octanol–water partition coefficient (Wildman–Crippen LogP) is 2.54. The lowest BCUT2D eigenvalue weighted by Gasteiger charge is -1.93. The van der Waals surface area contributed by atoms with Crippen LogP contribution in [0.25, 0.3) is 0 Å². The summed E-state index contributed by atoms with van der Waals surface area (Å²) >= 11 is 4.06. The first kappa shape index (κ1) is 10.9. The molecule has 1 N–H and O–H groups in total. The summed E-state index contributed by atoms with van der Waals surface area (Å²) in [5.74, 6) is 0. The molecular formula is C8H12OS2. The molecule has 3 heteroatoms. The highest BCUT2D eigenvalue weighted by molar-refractivity contribution is 8.68. The third-order valence-corrected chi connectivity index (χ3v) is 2.24. The third-order valence-electron chi connectivity index (χ3n) is 1.13. The van der Waals surface area contributed by atoms with Gasteiger partial charge in [0, 0.05) is 12.0 Å². The van der Waals surface area contributed by atoms with Crippen LogP contribution in [0.15, 0.2) is 29.2 Å². The number of aryl methyl sites for hydroxylation is 1. The van der Waals surface area contributed by atoms with Crippen LogP contribution in [-0.4, -0.2) is 12.2 Å². The van der Waals surface area contributed by atoms with E-state index in [1.807, 2.05) is 0 Å². The molecule has 1 nitrogen and oxygen atoms in total. The van der Waals surface area contributed by atoms with Gasteiger partial charge in [0.2, 0.25) is 0 Å². The minimum absolute atomic E-state index is 1.00. The molecule has 0 amide bonds. The van der Waals surface area contributed by atoms with Gasteiger partial charge in [0.15, 0.2) is 0 Å². The fourth-order valence-electron chi connectivity index (χ4n) is 0.599. The average molecular weight is 188 g/mol. The molecule has 11 heavy (non-hydrogen) atoms. The number of hydrogen-bond acceptors (Lipinski definition) is 3. The summed E-state index contributed by atoms with van der Waals surface area (Å²) in [6.45, 7) is 2.08. The first-order valence-corrected chi connectivity index (χ1v) is 5.02. The van der Waals surface area contributed by atoms with Crippen molar-refractivity contribution in [1.82, 2.24) is 0 Å². The van der Waals surface area contributed by atoms with Gasteiger partial charge >= 0.3 is 0 Å². The Morgan fingerprint density at radius 2 is 1.64 bits per heavy atom. The van der Waals surface area contributed by atoms with Gasteiger partial charge in [-0.1, -0.05) is 28.5 Å². The topological polar surface area (TPSA) is 20.2 Å². The van der Waals surface area contributed by atoms with E-state index in [-0.39, 0.29) is 0 Å². The molecule has 0 saturated heterocycles. The Hall–Kier alpha value is -0.120. The van der Waals surface area contributed by atoms with Gasteiger partial charge in [-0.3, -0.25) is 0 Å². The Labute approximate surface area is 76.6 Å². The fraction of sp³-hybridized carbons (Fsp3) is 0.250. The standard InChI is InChI=1S/C7H8S2.CH4O/c1-6-2-4-7(9-8)5-3-6;1-2/h2-5,8H,1H3;2H,1H3. The van der Waals surface area contributed by atoms with Crippen molar-refractivity contribution in [2.24, 2.45) is 0 Å². The molecule has 0 aliphatic heterocycles. The van der Waals surface area contributed by atoms with Crippen LogP contribution in [0, 0.1) is 6.92 Å². The summed E-state index contributed by atoms with van der Waals surface area (Å²) < 4.78 is 0. The van der Waals surface area contributed by atoms with Crippen molar-refractivity contribution >= 4 is 22.5 Å². The zero-order chi connectivity index (χ0) is 8.69. The second-order valence-corrected chi connectivity index (χ2v) is 3.11. The summed E-state index contributed by atoms with van der Waals surface area (Å²) in [6.07, 6.45) is 0. The highest BCUT2D eigenvalue weighted by atomic mass is 33.1. The quantitative estimate of drug-likeness (QED) is 0.522. The van der Waals surface area contributed by atoms with Crippen LogP contribution >= 0.6 is 22.5 Å². The molecule has 0 bridgehead atoms.